The van der Waals surface area contributed by atoms with E-state index in [0.29, 0.717) is 19.3 Å². The molecule has 1 saturated heterocycles. The molecule has 6 heteroatoms. The topological polar surface area (TPSA) is 95.7 Å². The Labute approximate surface area is 233 Å². The summed E-state index contributed by atoms with van der Waals surface area (Å²) in [5.41, 5.74) is 5.17. The minimum atomic E-state index is -0.232. The molecule has 0 aromatic heterocycles. The molecule has 0 spiro atoms. The number of primary amides is 1. The monoisotopic (exact) mass is 537 g/mol. The molecule has 3 atom stereocenters. The van der Waals surface area contributed by atoms with E-state index in [0.717, 1.165) is 70.6 Å². The van der Waals surface area contributed by atoms with Gasteiger partial charge >= 0.3 is 11.9 Å². The van der Waals surface area contributed by atoms with Crippen LogP contribution in [0.25, 0.3) is 0 Å². The van der Waals surface area contributed by atoms with E-state index in [1.165, 1.54) is 64.2 Å². The van der Waals surface area contributed by atoms with Crippen molar-refractivity contribution >= 4 is 17.8 Å². The van der Waals surface area contributed by atoms with Crippen molar-refractivity contribution in [2.45, 2.75) is 180 Å². The Balaban J connectivity index is 2.36. The summed E-state index contributed by atoms with van der Waals surface area (Å²) < 4.78 is 11.5. The fourth-order valence-corrected chi connectivity index (χ4v) is 5.39. The maximum atomic E-state index is 12.6. The Hall–Kier alpha value is -1.59. The van der Waals surface area contributed by atoms with E-state index in [1.807, 2.05) is 0 Å². The summed E-state index contributed by atoms with van der Waals surface area (Å²) in [4.78, 5) is 35.5. The molecule has 0 aliphatic carbocycles. The normalized spacial score (nSPS) is 17.6. The van der Waals surface area contributed by atoms with Crippen molar-refractivity contribution in [3.8, 4) is 0 Å². The van der Waals surface area contributed by atoms with Crippen LogP contribution in [-0.2, 0) is 23.9 Å². The number of carbonyl (C=O) groups excluding carboxylic acids is 3. The van der Waals surface area contributed by atoms with Crippen LogP contribution in [0, 0.1) is 5.92 Å². The van der Waals surface area contributed by atoms with Gasteiger partial charge in [0.05, 0.1) is 5.92 Å². The molecule has 2 N–H and O–H groups in total. The van der Waals surface area contributed by atoms with Gasteiger partial charge in [0.25, 0.3) is 0 Å². The second-order valence-electron chi connectivity index (χ2n) is 11.5. The first-order chi connectivity index (χ1) is 18.5. The van der Waals surface area contributed by atoms with Crippen molar-refractivity contribution < 1.29 is 23.9 Å². The fraction of sp³-hybridized carbons (Fsp3) is 0.906. The highest BCUT2D eigenvalue weighted by molar-refractivity contribution is 5.78. The largest absolute Gasteiger partial charge is 0.462 e. The molecule has 0 bridgehead atoms. The van der Waals surface area contributed by atoms with Crippen molar-refractivity contribution in [3.63, 3.8) is 0 Å². The van der Waals surface area contributed by atoms with Crippen LogP contribution in [0.4, 0.5) is 0 Å². The zero-order valence-corrected chi connectivity index (χ0v) is 24.8. The number of amides is 1. The maximum absolute atomic E-state index is 12.6. The molecule has 1 rings (SSSR count). The van der Waals surface area contributed by atoms with Gasteiger partial charge in [-0.15, -0.1) is 0 Å². The smallest absolute Gasteiger partial charge is 0.313 e. The van der Waals surface area contributed by atoms with Crippen LogP contribution in [0.15, 0.2) is 0 Å². The number of ether oxygens (including phenoxy) is 2. The first kappa shape index (κ1) is 34.4. The Morgan fingerprint density at radius 3 is 1.79 bits per heavy atom. The minimum absolute atomic E-state index is 0.0225. The molecule has 1 unspecified atom stereocenters. The van der Waals surface area contributed by atoms with E-state index in [-0.39, 0.29) is 36.0 Å². The van der Waals surface area contributed by atoms with E-state index in [9.17, 15) is 14.4 Å². The third kappa shape index (κ3) is 17.8. The van der Waals surface area contributed by atoms with Gasteiger partial charge in [-0.3, -0.25) is 14.4 Å². The number of nitrogens with two attached hydrogens (primary N) is 1. The number of carbonyl (C=O) groups is 3. The molecule has 38 heavy (non-hydrogen) atoms. The fourth-order valence-electron chi connectivity index (χ4n) is 5.39. The Kier molecular flexibility index (Phi) is 21.1. The zero-order valence-electron chi connectivity index (χ0n) is 24.8. The summed E-state index contributed by atoms with van der Waals surface area (Å²) in [6.07, 6.45) is 24.9. The lowest BCUT2D eigenvalue weighted by Gasteiger charge is -2.37. The van der Waals surface area contributed by atoms with Gasteiger partial charge in [0.15, 0.2) is 0 Å². The minimum Gasteiger partial charge on any atom is -0.462 e. The van der Waals surface area contributed by atoms with Crippen LogP contribution in [0.5, 0.6) is 0 Å². The molecule has 1 amide bonds. The molecule has 0 aromatic carbocycles. The summed E-state index contributed by atoms with van der Waals surface area (Å²) in [5.74, 6) is -0.449. The number of unbranched alkanes of at least 4 members (excludes halogenated alkanes) is 16. The van der Waals surface area contributed by atoms with Gasteiger partial charge in [-0.2, -0.15) is 0 Å². The lowest BCUT2D eigenvalue weighted by molar-refractivity contribution is -0.190. The summed E-state index contributed by atoms with van der Waals surface area (Å²) in [5, 5.41) is 0. The molecule has 6 nitrogen and oxygen atoms in total. The van der Waals surface area contributed by atoms with E-state index < -0.39 is 0 Å². The van der Waals surface area contributed by atoms with Gasteiger partial charge in [0, 0.05) is 19.3 Å². The SMILES string of the molecule is CCCCCCCCCCCC(C[C@@H]1OC(=O)[C@H]1CCCCCC)OC(=O)CCCCCCCCC(N)=O. The van der Waals surface area contributed by atoms with E-state index in [2.05, 4.69) is 13.8 Å². The third-order valence-electron chi connectivity index (χ3n) is 7.86. The first-order valence-electron chi connectivity index (χ1n) is 16.2. The second kappa shape index (κ2) is 23.3. The summed E-state index contributed by atoms with van der Waals surface area (Å²) >= 11 is 0. The average molecular weight is 538 g/mol. The lowest BCUT2D eigenvalue weighted by Crippen LogP contribution is -2.47. The summed E-state index contributed by atoms with van der Waals surface area (Å²) in [6.45, 7) is 4.44. The molecule has 1 aliphatic heterocycles. The molecule has 222 valence electrons. The number of rotatable bonds is 27. The highest BCUT2D eigenvalue weighted by atomic mass is 16.6. The second-order valence-corrected chi connectivity index (χ2v) is 11.5. The Morgan fingerprint density at radius 2 is 1.24 bits per heavy atom. The van der Waals surface area contributed by atoms with Crippen LogP contribution in [0.3, 0.4) is 0 Å². The molecule has 1 fully saturated rings. The van der Waals surface area contributed by atoms with E-state index in [4.69, 9.17) is 15.2 Å². The maximum Gasteiger partial charge on any atom is 0.313 e. The predicted molar refractivity (Wildman–Crippen MR) is 155 cm³/mol. The predicted octanol–water partition coefficient (Wildman–Crippen LogP) is 8.33. The van der Waals surface area contributed by atoms with Gasteiger partial charge in [0.1, 0.15) is 12.2 Å². The molecule has 0 saturated carbocycles. The van der Waals surface area contributed by atoms with Crippen LogP contribution in [0.1, 0.15) is 168 Å². The van der Waals surface area contributed by atoms with Crippen LogP contribution in [-0.4, -0.2) is 30.1 Å². The Bertz CT molecular complexity index is 623. The Morgan fingerprint density at radius 1 is 0.737 bits per heavy atom. The quantitative estimate of drug-likeness (QED) is 0.0839. The molecule has 0 radical (unpaired) electrons. The lowest BCUT2D eigenvalue weighted by atomic mass is 9.86. The van der Waals surface area contributed by atoms with Crippen LogP contribution < -0.4 is 5.73 Å². The number of hydrogen-bond donors (Lipinski definition) is 1. The number of esters is 2. The van der Waals surface area contributed by atoms with E-state index >= 15 is 0 Å². The van der Waals surface area contributed by atoms with Crippen LogP contribution in [0.2, 0.25) is 0 Å². The highest BCUT2D eigenvalue weighted by Crippen LogP contribution is 2.32. The summed E-state index contributed by atoms with van der Waals surface area (Å²) in [7, 11) is 0. The molecular formula is C32H59NO5. The molecule has 1 aliphatic rings. The van der Waals surface area contributed by atoms with Gasteiger partial charge in [-0.05, 0) is 32.1 Å². The standard InChI is InChI=1S/C32H59NO5/c1-3-5-7-9-10-11-12-15-18-22-27(26-29-28(32(36)38-29)23-19-8-6-4-2)37-31(35)25-21-17-14-13-16-20-24-30(33)34/h27-29H,3-26H2,1-2H3,(H2,33,34)/t27?,28-,29-/m0/s1. The van der Waals surface area contributed by atoms with Gasteiger partial charge in [-0.25, -0.2) is 0 Å². The van der Waals surface area contributed by atoms with Crippen molar-refractivity contribution in [2.24, 2.45) is 11.7 Å². The first-order valence-corrected chi connectivity index (χ1v) is 16.2. The molecule has 1 heterocycles. The average Bonchev–Trinajstić information content (AvgIpc) is 2.88. The van der Waals surface area contributed by atoms with Crippen molar-refractivity contribution in [2.75, 3.05) is 0 Å². The number of hydrogen-bond acceptors (Lipinski definition) is 5. The summed E-state index contributed by atoms with van der Waals surface area (Å²) in [6, 6.07) is 0. The van der Waals surface area contributed by atoms with Crippen molar-refractivity contribution in [1.82, 2.24) is 0 Å². The third-order valence-corrected chi connectivity index (χ3v) is 7.86. The zero-order chi connectivity index (χ0) is 27.8. The van der Waals surface area contributed by atoms with Crippen LogP contribution >= 0.6 is 0 Å². The van der Waals surface area contributed by atoms with Gasteiger partial charge in [0.2, 0.25) is 5.91 Å². The van der Waals surface area contributed by atoms with Gasteiger partial charge < -0.3 is 15.2 Å². The van der Waals surface area contributed by atoms with Crippen molar-refractivity contribution in [3.05, 3.63) is 0 Å². The highest BCUT2D eigenvalue weighted by Gasteiger charge is 2.43. The number of cyclic esters (lactones) is 1. The molecular weight excluding hydrogens is 478 g/mol. The molecule has 0 aromatic rings. The van der Waals surface area contributed by atoms with Crippen molar-refractivity contribution in [1.29, 1.82) is 0 Å². The van der Waals surface area contributed by atoms with E-state index in [1.54, 1.807) is 0 Å². The van der Waals surface area contributed by atoms with Gasteiger partial charge in [-0.1, -0.05) is 117 Å².